The van der Waals surface area contributed by atoms with Gasteiger partial charge in [-0.3, -0.25) is 0 Å². The molecule has 2 saturated carbocycles. The highest BCUT2D eigenvalue weighted by Crippen LogP contribution is 2.48. The Kier molecular flexibility index (Phi) is 9.35. The summed E-state index contributed by atoms with van der Waals surface area (Å²) < 4.78 is 55.1. The number of rotatable bonds is 11. The zero-order valence-electron chi connectivity index (χ0n) is 21.4. The molecule has 2 aromatic rings. The molecule has 2 aromatic carbocycles. The molecule has 4 rings (SSSR count). The third-order valence-electron chi connectivity index (χ3n) is 8.52. The van der Waals surface area contributed by atoms with E-state index in [9.17, 15) is 17.6 Å². The maximum atomic E-state index is 13.1. The normalized spacial score (nSPS) is 24.5. The van der Waals surface area contributed by atoms with Crippen molar-refractivity contribution >= 4 is 0 Å². The number of benzene rings is 2. The van der Waals surface area contributed by atoms with Crippen LogP contribution in [0.25, 0.3) is 11.1 Å². The third-order valence-corrected chi connectivity index (χ3v) is 8.52. The molecule has 5 heteroatoms. The van der Waals surface area contributed by atoms with Crippen molar-refractivity contribution in [1.29, 1.82) is 0 Å². The van der Waals surface area contributed by atoms with Gasteiger partial charge in [-0.25, -0.2) is 0 Å². The van der Waals surface area contributed by atoms with E-state index >= 15 is 0 Å². The van der Waals surface area contributed by atoms with Crippen LogP contribution in [0.3, 0.4) is 0 Å². The number of hydrogen-bond acceptors (Lipinski definition) is 1. The van der Waals surface area contributed by atoms with Crippen LogP contribution in [0.5, 0.6) is 5.75 Å². The number of alkyl halides is 4. The lowest BCUT2D eigenvalue weighted by atomic mass is 9.63. The minimum atomic E-state index is -4.49. The Morgan fingerprint density at radius 3 is 2.06 bits per heavy atom. The molecule has 0 bridgehead atoms. The van der Waals surface area contributed by atoms with Gasteiger partial charge in [-0.05, 0) is 84.6 Å². The van der Waals surface area contributed by atoms with Crippen LogP contribution >= 0.6 is 0 Å². The number of unbranched alkanes of at least 4 members (excludes halogenated alkanes) is 4. The summed E-state index contributed by atoms with van der Waals surface area (Å²) in [5.41, 5.74) is 3.19. The van der Waals surface area contributed by atoms with Gasteiger partial charge in [0.25, 0.3) is 0 Å². The standard InChI is InChI=1S/C31H40F4O/c1-2-3-4-5-6-7-22-8-9-28-21-27(15-14-26(28)20-22)25-12-10-23(11-13-25)24-16-18-29(19-17-24)36-31(34,35)30(32)33/h10-13,16-19,22,26-28,30H,2-9,14-15,20-21H2,1H3/t22?,26-,27-,28-/m1/s1. The highest BCUT2D eigenvalue weighted by Gasteiger charge is 2.44. The first-order chi connectivity index (χ1) is 17.4. The first kappa shape index (κ1) is 27.0. The Morgan fingerprint density at radius 1 is 0.778 bits per heavy atom. The number of halogens is 4. The molecule has 198 valence electrons. The summed E-state index contributed by atoms with van der Waals surface area (Å²) in [6.07, 6.45) is 8.10. The topological polar surface area (TPSA) is 9.23 Å². The van der Waals surface area contributed by atoms with Gasteiger partial charge in [0.2, 0.25) is 0 Å². The zero-order valence-corrected chi connectivity index (χ0v) is 21.4. The van der Waals surface area contributed by atoms with Crippen molar-refractivity contribution in [2.45, 2.75) is 102 Å². The van der Waals surface area contributed by atoms with Crippen LogP contribution in [0.4, 0.5) is 17.6 Å². The molecule has 0 heterocycles. The molecule has 36 heavy (non-hydrogen) atoms. The number of ether oxygens (including phenoxy) is 1. The average molecular weight is 505 g/mol. The molecule has 0 spiro atoms. The Balaban J connectivity index is 1.27. The van der Waals surface area contributed by atoms with E-state index < -0.39 is 12.5 Å². The summed E-state index contributed by atoms with van der Waals surface area (Å²) in [6, 6.07) is 14.4. The smallest absolute Gasteiger partial charge is 0.428 e. The van der Waals surface area contributed by atoms with E-state index in [0.29, 0.717) is 5.92 Å². The molecule has 0 radical (unpaired) electrons. The lowest BCUT2D eigenvalue weighted by Crippen LogP contribution is -2.33. The fourth-order valence-corrected chi connectivity index (χ4v) is 6.45. The molecule has 0 amide bonds. The molecule has 4 atom stereocenters. The molecule has 0 aliphatic heterocycles. The molecule has 2 fully saturated rings. The summed E-state index contributed by atoms with van der Waals surface area (Å²) in [6.45, 7) is 2.27. The second kappa shape index (κ2) is 12.5. The van der Waals surface area contributed by atoms with Crippen molar-refractivity contribution in [2.75, 3.05) is 0 Å². The molecule has 0 saturated heterocycles. The number of fused-ring (bicyclic) bond motifs is 1. The summed E-state index contributed by atoms with van der Waals surface area (Å²) in [4.78, 5) is 0. The third kappa shape index (κ3) is 7.04. The van der Waals surface area contributed by atoms with Crippen molar-refractivity contribution in [3.63, 3.8) is 0 Å². The summed E-state index contributed by atoms with van der Waals surface area (Å²) in [5, 5.41) is 0. The predicted molar refractivity (Wildman–Crippen MR) is 138 cm³/mol. The molecule has 1 unspecified atom stereocenters. The van der Waals surface area contributed by atoms with Crippen LogP contribution in [0.1, 0.15) is 95.5 Å². The van der Waals surface area contributed by atoms with Crippen LogP contribution in [-0.4, -0.2) is 12.5 Å². The Morgan fingerprint density at radius 2 is 1.39 bits per heavy atom. The van der Waals surface area contributed by atoms with Crippen LogP contribution < -0.4 is 4.74 Å². The maximum absolute atomic E-state index is 13.1. The van der Waals surface area contributed by atoms with E-state index in [4.69, 9.17) is 0 Å². The van der Waals surface area contributed by atoms with Gasteiger partial charge in [0.1, 0.15) is 5.75 Å². The fourth-order valence-electron chi connectivity index (χ4n) is 6.45. The van der Waals surface area contributed by atoms with E-state index in [-0.39, 0.29) is 5.75 Å². The van der Waals surface area contributed by atoms with E-state index in [1.165, 1.54) is 94.7 Å². The SMILES string of the molecule is CCCCCCCC1CC[C@@H]2C[C@H](c3ccc(-c4ccc(OC(F)(F)C(F)F)cc4)cc3)CC[C@@H]2C1. The second-order valence-electron chi connectivity index (χ2n) is 11.0. The zero-order chi connectivity index (χ0) is 25.5. The quantitative estimate of drug-likeness (QED) is 0.218. The van der Waals surface area contributed by atoms with Gasteiger partial charge in [0, 0.05) is 0 Å². The minimum Gasteiger partial charge on any atom is -0.428 e. The van der Waals surface area contributed by atoms with Crippen LogP contribution in [0, 0.1) is 17.8 Å². The molecule has 0 aromatic heterocycles. The average Bonchev–Trinajstić information content (AvgIpc) is 2.88. The summed E-state index contributed by atoms with van der Waals surface area (Å²) >= 11 is 0. The van der Waals surface area contributed by atoms with Crippen molar-refractivity contribution in [3.05, 3.63) is 54.1 Å². The van der Waals surface area contributed by atoms with Gasteiger partial charge in [-0.15, -0.1) is 0 Å². The fraction of sp³-hybridized carbons (Fsp3) is 0.613. The van der Waals surface area contributed by atoms with Gasteiger partial charge in [-0.1, -0.05) is 88.3 Å². The molecule has 2 aliphatic carbocycles. The van der Waals surface area contributed by atoms with E-state index in [0.717, 1.165) is 28.9 Å². The van der Waals surface area contributed by atoms with Gasteiger partial charge < -0.3 is 4.74 Å². The van der Waals surface area contributed by atoms with E-state index in [1.54, 1.807) is 12.1 Å². The summed E-state index contributed by atoms with van der Waals surface area (Å²) in [5.74, 6) is 3.05. The first-order valence-electron chi connectivity index (χ1n) is 13.9. The van der Waals surface area contributed by atoms with Gasteiger partial charge >= 0.3 is 12.5 Å². The maximum Gasteiger partial charge on any atom is 0.461 e. The summed E-state index contributed by atoms with van der Waals surface area (Å²) in [7, 11) is 0. The van der Waals surface area contributed by atoms with Gasteiger partial charge in [-0.2, -0.15) is 17.6 Å². The molecule has 0 N–H and O–H groups in total. The minimum absolute atomic E-state index is 0.274. The molecule has 2 aliphatic rings. The largest absolute Gasteiger partial charge is 0.461 e. The van der Waals surface area contributed by atoms with Crippen LogP contribution in [-0.2, 0) is 0 Å². The Labute approximate surface area is 213 Å². The van der Waals surface area contributed by atoms with Crippen molar-refractivity contribution < 1.29 is 22.3 Å². The van der Waals surface area contributed by atoms with Gasteiger partial charge in [0.05, 0.1) is 0 Å². The monoisotopic (exact) mass is 504 g/mol. The number of hydrogen-bond donors (Lipinski definition) is 0. The molecular formula is C31H40F4O. The Bertz CT molecular complexity index is 925. The Hall–Kier alpha value is -2.04. The molecule has 1 nitrogen and oxygen atoms in total. The first-order valence-corrected chi connectivity index (χ1v) is 13.9. The van der Waals surface area contributed by atoms with Crippen molar-refractivity contribution in [1.82, 2.24) is 0 Å². The van der Waals surface area contributed by atoms with E-state index in [1.807, 2.05) is 0 Å². The molecular weight excluding hydrogens is 464 g/mol. The van der Waals surface area contributed by atoms with Gasteiger partial charge in [0.15, 0.2) is 0 Å². The van der Waals surface area contributed by atoms with Crippen molar-refractivity contribution in [3.8, 4) is 16.9 Å². The highest BCUT2D eigenvalue weighted by molar-refractivity contribution is 5.64. The van der Waals surface area contributed by atoms with Crippen LogP contribution in [0.15, 0.2) is 48.5 Å². The second-order valence-corrected chi connectivity index (χ2v) is 11.0. The lowest BCUT2D eigenvalue weighted by molar-refractivity contribution is -0.253. The van der Waals surface area contributed by atoms with Crippen molar-refractivity contribution in [2.24, 2.45) is 17.8 Å². The van der Waals surface area contributed by atoms with E-state index in [2.05, 4.69) is 35.9 Å². The predicted octanol–water partition coefficient (Wildman–Crippen LogP) is 10.3. The van der Waals surface area contributed by atoms with Crippen LogP contribution in [0.2, 0.25) is 0 Å². The lowest BCUT2D eigenvalue weighted by Gasteiger charge is -2.42. The highest BCUT2D eigenvalue weighted by atomic mass is 19.3.